The number of benzene rings is 2. The molecule has 27 heavy (non-hydrogen) atoms. The molecule has 0 aliphatic heterocycles. The van der Waals surface area contributed by atoms with E-state index >= 15 is 0 Å². The minimum Gasteiger partial charge on any atom is -0.339 e. The number of carbonyl (C=O) groups excluding carboxylic acids is 1. The zero-order chi connectivity index (χ0) is 19.6. The van der Waals surface area contributed by atoms with Crippen LogP contribution >= 0.6 is 0 Å². The van der Waals surface area contributed by atoms with Crippen molar-refractivity contribution in [2.45, 2.75) is 25.9 Å². The second-order valence-corrected chi connectivity index (χ2v) is 6.41. The van der Waals surface area contributed by atoms with E-state index in [1.807, 2.05) is 6.92 Å². The number of fused-ring (bicyclic) bond motifs is 1. The molecule has 7 heteroatoms. The Morgan fingerprint density at radius 1 is 1.15 bits per heavy atom. The summed E-state index contributed by atoms with van der Waals surface area (Å²) in [7, 11) is 1.67. The van der Waals surface area contributed by atoms with E-state index in [1.165, 1.54) is 16.7 Å². The number of halogens is 1. The summed E-state index contributed by atoms with van der Waals surface area (Å²) in [5.41, 5.74) is 0.327. The fraction of sp³-hybridized carbons (Fsp3) is 0.250. The van der Waals surface area contributed by atoms with E-state index in [9.17, 15) is 18.8 Å². The smallest absolute Gasteiger partial charge is 0.328 e. The molecular formula is C20H20FN3O3. The standard InChI is InChI=1S/C20H20FN3O3/c1-13(14-7-9-15(21)10-8-14)23(2)18(25)11-12-24-17-6-4-3-5-16(17)19(26)22-20(24)27/h3-10,13H,11-12H2,1-2H3,(H,22,26,27). The lowest BCUT2D eigenvalue weighted by Crippen LogP contribution is -2.34. The molecule has 0 bridgehead atoms. The summed E-state index contributed by atoms with van der Waals surface area (Å²) in [6, 6.07) is 12.5. The zero-order valence-electron chi connectivity index (χ0n) is 15.1. The topological polar surface area (TPSA) is 75.2 Å². The molecule has 1 aromatic heterocycles. The van der Waals surface area contributed by atoms with E-state index in [0.29, 0.717) is 10.9 Å². The van der Waals surface area contributed by atoms with Crippen LogP contribution in [0.15, 0.2) is 58.1 Å². The van der Waals surface area contributed by atoms with Gasteiger partial charge in [-0.1, -0.05) is 24.3 Å². The number of aromatic nitrogens is 2. The summed E-state index contributed by atoms with van der Waals surface area (Å²) in [6.45, 7) is 2.00. The van der Waals surface area contributed by atoms with Crippen molar-refractivity contribution >= 4 is 16.8 Å². The van der Waals surface area contributed by atoms with Gasteiger partial charge in [0.2, 0.25) is 5.91 Å². The highest BCUT2D eigenvalue weighted by atomic mass is 19.1. The van der Waals surface area contributed by atoms with Crippen LogP contribution in [0, 0.1) is 5.82 Å². The van der Waals surface area contributed by atoms with E-state index < -0.39 is 11.2 Å². The molecule has 3 aromatic rings. The number of carbonyl (C=O) groups is 1. The van der Waals surface area contributed by atoms with E-state index in [2.05, 4.69) is 4.98 Å². The van der Waals surface area contributed by atoms with Gasteiger partial charge < -0.3 is 4.90 Å². The van der Waals surface area contributed by atoms with Crippen molar-refractivity contribution in [3.8, 4) is 0 Å². The molecule has 1 unspecified atom stereocenters. The lowest BCUT2D eigenvalue weighted by molar-refractivity contribution is -0.132. The first-order valence-corrected chi connectivity index (χ1v) is 8.61. The minimum absolute atomic E-state index is 0.0952. The first-order chi connectivity index (χ1) is 12.9. The lowest BCUT2D eigenvalue weighted by atomic mass is 10.1. The molecule has 6 nitrogen and oxygen atoms in total. The summed E-state index contributed by atoms with van der Waals surface area (Å²) >= 11 is 0. The Kier molecular flexibility index (Phi) is 5.21. The van der Waals surface area contributed by atoms with Gasteiger partial charge in [0.05, 0.1) is 16.9 Å². The number of rotatable bonds is 5. The van der Waals surface area contributed by atoms with Crippen LogP contribution in [0.5, 0.6) is 0 Å². The highest BCUT2D eigenvalue weighted by Crippen LogP contribution is 2.20. The Hall–Kier alpha value is -3.22. The predicted octanol–water partition coefficient (Wildman–Crippen LogP) is 2.44. The number of H-pyrrole nitrogens is 1. The molecule has 1 N–H and O–H groups in total. The quantitative estimate of drug-likeness (QED) is 0.751. The number of nitrogens with zero attached hydrogens (tertiary/aromatic N) is 2. The number of hydrogen-bond donors (Lipinski definition) is 1. The number of para-hydroxylation sites is 1. The Labute approximate surface area is 154 Å². The monoisotopic (exact) mass is 369 g/mol. The van der Waals surface area contributed by atoms with Crippen molar-refractivity contribution < 1.29 is 9.18 Å². The molecule has 1 heterocycles. The van der Waals surface area contributed by atoms with Gasteiger partial charge in [0.1, 0.15) is 5.82 Å². The average Bonchev–Trinajstić information content (AvgIpc) is 2.67. The van der Waals surface area contributed by atoms with Gasteiger partial charge in [-0.25, -0.2) is 9.18 Å². The van der Waals surface area contributed by atoms with Crippen LogP contribution in [0.2, 0.25) is 0 Å². The van der Waals surface area contributed by atoms with Gasteiger partial charge in [-0.2, -0.15) is 0 Å². The van der Waals surface area contributed by atoms with Crippen LogP contribution in [-0.4, -0.2) is 27.4 Å². The van der Waals surface area contributed by atoms with Gasteiger partial charge in [-0.3, -0.25) is 19.1 Å². The SMILES string of the molecule is CC(c1ccc(F)cc1)N(C)C(=O)CCn1c(=O)[nH]c(=O)c2ccccc21. The second kappa shape index (κ2) is 7.57. The maximum atomic E-state index is 13.1. The fourth-order valence-corrected chi connectivity index (χ4v) is 3.03. The molecule has 0 spiro atoms. The predicted molar refractivity (Wildman–Crippen MR) is 101 cm³/mol. The largest absolute Gasteiger partial charge is 0.339 e. The number of amides is 1. The Morgan fingerprint density at radius 3 is 2.52 bits per heavy atom. The highest BCUT2D eigenvalue weighted by molar-refractivity contribution is 5.79. The van der Waals surface area contributed by atoms with Crippen molar-refractivity contribution in [1.29, 1.82) is 0 Å². The highest BCUT2D eigenvalue weighted by Gasteiger charge is 2.18. The van der Waals surface area contributed by atoms with E-state index in [0.717, 1.165) is 5.56 Å². The molecule has 1 atom stereocenters. The van der Waals surface area contributed by atoms with Gasteiger partial charge in [-0.05, 0) is 36.8 Å². The summed E-state index contributed by atoms with van der Waals surface area (Å²) in [4.78, 5) is 40.5. The van der Waals surface area contributed by atoms with Crippen LogP contribution in [-0.2, 0) is 11.3 Å². The van der Waals surface area contributed by atoms with Crippen LogP contribution in [0.1, 0.15) is 24.9 Å². The van der Waals surface area contributed by atoms with Gasteiger partial charge in [0.25, 0.3) is 5.56 Å². The lowest BCUT2D eigenvalue weighted by Gasteiger charge is -2.25. The summed E-state index contributed by atoms with van der Waals surface area (Å²) < 4.78 is 14.5. The molecule has 0 saturated carbocycles. The van der Waals surface area contributed by atoms with E-state index in [1.54, 1.807) is 48.3 Å². The first kappa shape index (κ1) is 18.6. The molecule has 0 aliphatic rings. The van der Waals surface area contributed by atoms with Gasteiger partial charge in [-0.15, -0.1) is 0 Å². The third-order valence-electron chi connectivity index (χ3n) is 4.78. The Bertz CT molecular complexity index is 1090. The number of aromatic amines is 1. The van der Waals surface area contributed by atoms with Crippen molar-refractivity contribution in [3.63, 3.8) is 0 Å². The van der Waals surface area contributed by atoms with Gasteiger partial charge >= 0.3 is 5.69 Å². The molecule has 3 rings (SSSR count). The van der Waals surface area contributed by atoms with E-state index in [4.69, 9.17) is 0 Å². The Morgan fingerprint density at radius 2 is 1.81 bits per heavy atom. The molecule has 0 radical (unpaired) electrons. The molecule has 1 amide bonds. The van der Waals surface area contributed by atoms with Crippen molar-refractivity contribution in [2.75, 3.05) is 7.05 Å². The average molecular weight is 369 g/mol. The first-order valence-electron chi connectivity index (χ1n) is 8.61. The number of hydrogen-bond acceptors (Lipinski definition) is 3. The fourth-order valence-electron chi connectivity index (χ4n) is 3.03. The van der Waals surface area contributed by atoms with Crippen LogP contribution in [0.25, 0.3) is 10.9 Å². The summed E-state index contributed by atoms with van der Waals surface area (Å²) in [5, 5.41) is 0.401. The maximum absolute atomic E-state index is 13.1. The zero-order valence-corrected chi connectivity index (χ0v) is 15.1. The molecule has 2 aromatic carbocycles. The summed E-state index contributed by atoms with van der Waals surface area (Å²) in [5.74, 6) is -0.488. The van der Waals surface area contributed by atoms with Crippen molar-refractivity contribution in [1.82, 2.24) is 14.5 Å². The van der Waals surface area contributed by atoms with Crippen LogP contribution < -0.4 is 11.2 Å². The third kappa shape index (κ3) is 3.81. The third-order valence-corrected chi connectivity index (χ3v) is 4.78. The Balaban J connectivity index is 1.78. The van der Waals surface area contributed by atoms with Crippen LogP contribution in [0.3, 0.4) is 0 Å². The van der Waals surface area contributed by atoms with Crippen molar-refractivity contribution in [2.24, 2.45) is 0 Å². The second-order valence-electron chi connectivity index (χ2n) is 6.41. The molecule has 0 saturated heterocycles. The summed E-state index contributed by atoms with van der Waals surface area (Å²) in [6.07, 6.45) is 0.0952. The van der Waals surface area contributed by atoms with Gasteiger partial charge in [0, 0.05) is 20.0 Å². The molecule has 140 valence electrons. The number of nitrogens with one attached hydrogen (secondary N) is 1. The maximum Gasteiger partial charge on any atom is 0.328 e. The molecular weight excluding hydrogens is 349 g/mol. The van der Waals surface area contributed by atoms with E-state index in [-0.39, 0.29) is 30.7 Å². The molecule has 0 fully saturated rings. The molecule has 0 aliphatic carbocycles. The van der Waals surface area contributed by atoms with Gasteiger partial charge in [0.15, 0.2) is 0 Å². The van der Waals surface area contributed by atoms with Crippen LogP contribution in [0.4, 0.5) is 4.39 Å². The number of aryl methyl sites for hydroxylation is 1. The minimum atomic E-state index is -0.541. The van der Waals surface area contributed by atoms with Crippen molar-refractivity contribution in [3.05, 3.63) is 80.7 Å². The normalized spacial score (nSPS) is 12.1.